The van der Waals surface area contributed by atoms with E-state index >= 15 is 0 Å². The Bertz CT molecular complexity index is 1040. The maximum Gasteiger partial charge on any atom is 0.285 e. The Morgan fingerprint density at radius 1 is 1.22 bits per heavy atom. The molecular formula is C17H19N7O3. The van der Waals surface area contributed by atoms with E-state index in [-0.39, 0.29) is 22.2 Å². The molecule has 2 heterocycles. The number of hydrogen-bond acceptors (Lipinski definition) is 7. The Morgan fingerprint density at radius 3 is 2.59 bits per heavy atom. The van der Waals surface area contributed by atoms with Gasteiger partial charge in [-0.25, -0.2) is 0 Å². The van der Waals surface area contributed by atoms with E-state index in [1.807, 2.05) is 0 Å². The maximum absolute atomic E-state index is 12.5. The molecule has 0 bridgehead atoms. The summed E-state index contributed by atoms with van der Waals surface area (Å²) in [7, 11) is 0. The van der Waals surface area contributed by atoms with Crippen LogP contribution >= 0.6 is 0 Å². The molecular weight excluding hydrogens is 350 g/mol. The SMILES string of the molecule is CCN1CCN(C(=O)C(C#N)=NNc2cccc3c(=O)[nH][nH]c(=O)c23)CC1. The zero-order valence-electron chi connectivity index (χ0n) is 14.8. The van der Waals surface area contributed by atoms with Gasteiger partial charge in [-0.2, -0.15) is 10.4 Å². The molecule has 27 heavy (non-hydrogen) atoms. The molecule has 3 N–H and O–H groups in total. The number of nitrogens with zero attached hydrogens (tertiary/aromatic N) is 4. The van der Waals surface area contributed by atoms with Gasteiger partial charge in [0.2, 0.25) is 5.71 Å². The summed E-state index contributed by atoms with van der Waals surface area (Å²) >= 11 is 0. The van der Waals surface area contributed by atoms with Crippen LogP contribution in [0.25, 0.3) is 10.8 Å². The number of anilines is 1. The van der Waals surface area contributed by atoms with Crippen LogP contribution in [0.2, 0.25) is 0 Å². The number of amides is 1. The first-order valence-electron chi connectivity index (χ1n) is 8.54. The third kappa shape index (κ3) is 3.73. The number of carbonyl (C=O) groups is 1. The molecule has 0 atom stereocenters. The van der Waals surface area contributed by atoms with Gasteiger partial charge < -0.3 is 9.80 Å². The van der Waals surface area contributed by atoms with Crippen molar-refractivity contribution in [3.05, 3.63) is 38.9 Å². The number of fused-ring (bicyclic) bond motifs is 1. The predicted molar refractivity (Wildman–Crippen MR) is 101 cm³/mol. The summed E-state index contributed by atoms with van der Waals surface area (Å²) in [5.41, 5.74) is 1.54. The van der Waals surface area contributed by atoms with E-state index in [0.717, 1.165) is 19.6 Å². The van der Waals surface area contributed by atoms with Crippen molar-refractivity contribution in [3.63, 3.8) is 0 Å². The number of aromatic amines is 2. The normalized spacial score (nSPS) is 15.6. The minimum atomic E-state index is -0.511. The third-order valence-corrected chi connectivity index (χ3v) is 4.53. The number of nitrogens with one attached hydrogen (secondary N) is 3. The summed E-state index contributed by atoms with van der Waals surface area (Å²) in [6.45, 7) is 5.51. The van der Waals surface area contributed by atoms with E-state index in [4.69, 9.17) is 0 Å². The number of rotatable bonds is 4. The van der Waals surface area contributed by atoms with Crippen molar-refractivity contribution < 1.29 is 4.79 Å². The lowest BCUT2D eigenvalue weighted by atomic mass is 10.1. The number of hydrogen-bond donors (Lipinski definition) is 3. The highest BCUT2D eigenvalue weighted by Crippen LogP contribution is 2.16. The molecule has 1 amide bonds. The van der Waals surface area contributed by atoms with Crippen molar-refractivity contribution in [1.29, 1.82) is 5.26 Å². The number of benzene rings is 1. The molecule has 1 aliphatic heterocycles. The van der Waals surface area contributed by atoms with E-state index in [9.17, 15) is 19.6 Å². The molecule has 1 aliphatic rings. The van der Waals surface area contributed by atoms with Gasteiger partial charge in [0.25, 0.3) is 17.0 Å². The number of H-pyrrole nitrogens is 2. The third-order valence-electron chi connectivity index (χ3n) is 4.53. The Labute approximate surface area is 154 Å². The highest BCUT2D eigenvalue weighted by Gasteiger charge is 2.24. The van der Waals surface area contributed by atoms with Crippen LogP contribution < -0.4 is 16.5 Å². The zero-order valence-corrected chi connectivity index (χ0v) is 14.8. The van der Waals surface area contributed by atoms with Gasteiger partial charge in [0.05, 0.1) is 16.5 Å². The van der Waals surface area contributed by atoms with Crippen molar-refractivity contribution >= 4 is 28.1 Å². The lowest BCUT2D eigenvalue weighted by Crippen LogP contribution is -2.50. The molecule has 0 saturated carbocycles. The monoisotopic (exact) mass is 369 g/mol. The molecule has 140 valence electrons. The molecule has 1 aromatic heterocycles. The molecule has 0 aliphatic carbocycles. The molecule has 1 aromatic carbocycles. The molecule has 2 aromatic rings. The highest BCUT2D eigenvalue weighted by molar-refractivity contribution is 6.45. The fourth-order valence-corrected chi connectivity index (χ4v) is 2.98. The Hall–Kier alpha value is -3.45. The van der Waals surface area contributed by atoms with E-state index in [1.165, 1.54) is 6.07 Å². The van der Waals surface area contributed by atoms with E-state index in [2.05, 4.69) is 32.5 Å². The van der Waals surface area contributed by atoms with E-state index in [1.54, 1.807) is 23.1 Å². The van der Waals surface area contributed by atoms with Gasteiger partial charge in [0.15, 0.2) is 0 Å². The molecule has 0 radical (unpaired) electrons. The Balaban J connectivity index is 1.84. The number of piperazine rings is 1. The Kier molecular flexibility index (Phi) is 5.33. The quantitative estimate of drug-likeness (QED) is 0.498. The van der Waals surface area contributed by atoms with Crippen LogP contribution in [0.3, 0.4) is 0 Å². The summed E-state index contributed by atoms with van der Waals surface area (Å²) < 4.78 is 0. The van der Waals surface area contributed by atoms with Crippen molar-refractivity contribution in [1.82, 2.24) is 20.0 Å². The molecule has 10 heteroatoms. The minimum Gasteiger partial charge on any atom is -0.334 e. The minimum absolute atomic E-state index is 0.103. The molecule has 1 saturated heterocycles. The number of likely N-dealkylation sites (N-methyl/N-ethyl adjacent to an activating group) is 1. The number of hydrazone groups is 1. The van der Waals surface area contributed by atoms with Crippen LogP contribution in [0.4, 0.5) is 5.69 Å². The summed E-state index contributed by atoms with van der Waals surface area (Å²) in [4.78, 5) is 40.2. The lowest BCUT2D eigenvalue weighted by Gasteiger charge is -2.33. The molecule has 10 nitrogen and oxygen atoms in total. The summed E-state index contributed by atoms with van der Waals surface area (Å²) in [6, 6.07) is 6.42. The standard InChI is InChI=1S/C17H19N7O3/c1-2-23-6-8-24(9-7-23)17(27)13(10-18)20-19-12-5-3-4-11-14(12)16(26)22-21-15(11)25/h3-5,19H,2,6-9H2,1H3,(H,21,25)(H,22,26). The van der Waals surface area contributed by atoms with Crippen molar-refractivity contribution in [2.45, 2.75) is 6.92 Å². The van der Waals surface area contributed by atoms with Crippen LogP contribution in [0.15, 0.2) is 32.9 Å². The van der Waals surface area contributed by atoms with Crippen molar-refractivity contribution in [2.24, 2.45) is 5.10 Å². The van der Waals surface area contributed by atoms with Crippen LogP contribution in [-0.2, 0) is 4.79 Å². The van der Waals surface area contributed by atoms with Gasteiger partial charge >= 0.3 is 0 Å². The number of carbonyl (C=O) groups excluding carboxylic acids is 1. The van der Waals surface area contributed by atoms with Crippen LogP contribution in [0.1, 0.15) is 6.92 Å². The van der Waals surface area contributed by atoms with Crippen LogP contribution in [-0.4, -0.2) is 64.3 Å². The van der Waals surface area contributed by atoms with Crippen molar-refractivity contribution in [2.75, 3.05) is 38.1 Å². The van der Waals surface area contributed by atoms with E-state index < -0.39 is 17.0 Å². The largest absolute Gasteiger partial charge is 0.334 e. The van der Waals surface area contributed by atoms with Gasteiger partial charge in [-0.3, -0.25) is 30.0 Å². The molecule has 3 rings (SSSR count). The topological polar surface area (TPSA) is 137 Å². The van der Waals surface area contributed by atoms with Crippen LogP contribution in [0.5, 0.6) is 0 Å². The number of aromatic nitrogens is 2. The lowest BCUT2D eigenvalue weighted by molar-refractivity contribution is -0.125. The summed E-state index contributed by atoms with van der Waals surface area (Å²) in [5.74, 6) is -0.465. The average molecular weight is 369 g/mol. The second kappa shape index (κ2) is 7.84. The van der Waals surface area contributed by atoms with Gasteiger partial charge in [-0.1, -0.05) is 13.0 Å². The van der Waals surface area contributed by atoms with Crippen molar-refractivity contribution in [3.8, 4) is 6.07 Å². The molecule has 0 spiro atoms. The first-order chi connectivity index (χ1) is 13.0. The number of nitriles is 1. The first-order valence-corrected chi connectivity index (χ1v) is 8.54. The fourth-order valence-electron chi connectivity index (χ4n) is 2.98. The fraction of sp³-hybridized carbons (Fsp3) is 0.353. The van der Waals surface area contributed by atoms with Gasteiger partial charge in [0.1, 0.15) is 6.07 Å². The first kappa shape index (κ1) is 18.3. The predicted octanol–water partition coefficient (Wildman–Crippen LogP) is -0.328. The summed E-state index contributed by atoms with van der Waals surface area (Å²) in [6.07, 6.45) is 0. The van der Waals surface area contributed by atoms with Gasteiger partial charge in [-0.05, 0) is 18.7 Å². The second-order valence-corrected chi connectivity index (χ2v) is 6.05. The van der Waals surface area contributed by atoms with E-state index in [0.29, 0.717) is 13.1 Å². The molecule has 0 unspecified atom stereocenters. The second-order valence-electron chi connectivity index (χ2n) is 6.05. The maximum atomic E-state index is 12.5. The highest BCUT2D eigenvalue weighted by atomic mass is 16.2. The smallest absolute Gasteiger partial charge is 0.285 e. The molecule has 1 fully saturated rings. The van der Waals surface area contributed by atoms with Crippen LogP contribution in [0, 0.1) is 11.3 Å². The summed E-state index contributed by atoms with van der Waals surface area (Å²) in [5, 5.41) is 18.0. The zero-order chi connectivity index (χ0) is 19.4. The van der Waals surface area contributed by atoms with Gasteiger partial charge in [0, 0.05) is 26.2 Å². The Morgan fingerprint density at radius 2 is 1.93 bits per heavy atom. The average Bonchev–Trinajstić information content (AvgIpc) is 2.71. The van der Waals surface area contributed by atoms with Gasteiger partial charge in [-0.15, -0.1) is 0 Å².